The first-order valence-electron chi connectivity index (χ1n) is 6.08. The molecule has 5 heteroatoms. The molecule has 0 heterocycles. The summed E-state index contributed by atoms with van der Waals surface area (Å²) in [5.74, 6) is -2.30. The molecule has 1 amide bonds. The van der Waals surface area contributed by atoms with Gasteiger partial charge in [0.05, 0.1) is 0 Å². The third kappa shape index (κ3) is 3.12. The molecule has 0 saturated heterocycles. The molecule has 0 spiro atoms. The Morgan fingerprint density at radius 2 is 1.75 bits per heavy atom. The second-order valence-electron chi connectivity index (χ2n) is 4.23. The van der Waals surface area contributed by atoms with Crippen LogP contribution in [0.15, 0.2) is 42.5 Å². The molecule has 104 valence electrons. The predicted octanol–water partition coefficient (Wildman–Crippen LogP) is 2.64. The molecule has 0 saturated carbocycles. The van der Waals surface area contributed by atoms with Gasteiger partial charge in [0.1, 0.15) is 22.9 Å². The quantitative estimate of drug-likeness (QED) is 0.902. The van der Waals surface area contributed by atoms with E-state index in [1.807, 2.05) is 0 Å². The van der Waals surface area contributed by atoms with Gasteiger partial charge in [-0.1, -0.05) is 24.3 Å². The lowest BCUT2D eigenvalue weighted by molar-refractivity contribution is 0.0947. The van der Waals surface area contributed by atoms with Gasteiger partial charge in [0.15, 0.2) is 0 Å². The molecule has 3 nitrogen and oxygen atoms in total. The number of rotatable bonds is 4. The van der Waals surface area contributed by atoms with E-state index in [-0.39, 0.29) is 18.8 Å². The van der Waals surface area contributed by atoms with Crippen molar-refractivity contribution < 1.29 is 18.7 Å². The van der Waals surface area contributed by atoms with Crippen molar-refractivity contribution in [3.05, 3.63) is 65.2 Å². The molecule has 0 fully saturated rings. The highest BCUT2D eigenvalue weighted by molar-refractivity contribution is 5.97. The van der Waals surface area contributed by atoms with Crippen LogP contribution in [0.1, 0.15) is 15.9 Å². The summed E-state index contributed by atoms with van der Waals surface area (Å²) in [7, 11) is 0. The second kappa shape index (κ2) is 6.14. The van der Waals surface area contributed by atoms with Gasteiger partial charge >= 0.3 is 0 Å². The first kappa shape index (κ1) is 14.0. The fourth-order valence-corrected chi connectivity index (χ4v) is 1.84. The normalized spacial score (nSPS) is 10.3. The molecule has 0 aromatic heterocycles. The smallest absolute Gasteiger partial charge is 0.258 e. The van der Waals surface area contributed by atoms with Crippen molar-refractivity contribution in [2.45, 2.75) is 6.42 Å². The first-order chi connectivity index (χ1) is 9.59. The standard InChI is InChI=1S/C15H13F2NO2/c16-11-5-2-1-4-10(11)8-9-18-15(20)14-12(17)6-3-7-13(14)19/h1-7,19H,8-9H2,(H,18,20). The van der Waals surface area contributed by atoms with Crippen LogP contribution in [-0.2, 0) is 6.42 Å². The lowest BCUT2D eigenvalue weighted by Gasteiger charge is -2.08. The number of carbonyl (C=O) groups is 1. The van der Waals surface area contributed by atoms with E-state index in [1.165, 1.54) is 18.2 Å². The van der Waals surface area contributed by atoms with E-state index in [9.17, 15) is 18.7 Å². The topological polar surface area (TPSA) is 49.3 Å². The van der Waals surface area contributed by atoms with E-state index in [4.69, 9.17) is 0 Å². The molecule has 0 bridgehead atoms. The highest BCUT2D eigenvalue weighted by atomic mass is 19.1. The summed E-state index contributed by atoms with van der Waals surface area (Å²) >= 11 is 0. The van der Waals surface area contributed by atoms with Crippen molar-refractivity contribution in [2.75, 3.05) is 6.54 Å². The van der Waals surface area contributed by atoms with Crippen molar-refractivity contribution in [3.8, 4) is 5.75 Å². The van der Waals surface area contributed by atoms with Crippen LogP contribution in [0.4, 0.5) is 8.78 Å². The fourth-order valence-electron chi connectivity index (χ4n) is 1.84. The number of amides is 1. The SMILES string of the molecule is O=C(NCCc1ccccc1F)c1c(O)cccc1F. The monoisotopic (exact) mass is 277 g/mol. The summed E-state index contributed by atoms with van der Waals surface area (Å²) in [6.07, 6.45) is 0.285. The molecule has 0 unspecified atom stereocenters. The average Bonchev–Trinajstić information content (AvgIpc) is 2.41. The van der Waals surface area contributed by atoms with Crippen LogP contribution in [0.5, 0.6) is 5.75 Å². The summed E-state index contributed by atoms with van der Waals surface area (Å²) in [6, 6.07) is 9.85. The van der Waals surface area contributed by atoms with Crippen molar-refractivity contribution in [1.82, 2.24) is 5.32 Å². The summed E-state index contributed by atoms with van der Waals surface area (Å²) in [5, 5.41) is 11.9. The van der Waals surface area contributed by atoms with Crippen LogP contribution in [0, 0.1) is 11.6 Å². The Morgan fingerprint density at radius 1 is 1.05 bits per heavy atom. The summed E-state index contributed by atoms with van der Waals surface area (Å²) in [6.45, 7) is 0.146. The zero-order valence-electron chi connectivity index (χ0n) is 10.6. The number of aromatic hydroxyl groups is 1. The van der Waals surface area contributed by atoms with Crippen molar-refractivity contribution in [1.29, 1.82) is 0 Å². The molecule has 20 heavy (non-hydrogen) atoms. The number of phenols is 1. The van der Waals surface area contributed by atoms with Crippen molar-refractivity contribution >= 4 is 5.91 Å². The van der Waals surface area contributed by atoms with Gasteiger partial charge in [-0.15, -0.1) is 0 Å². The average molecular weight is 277 g/mol. The summed E-state index contributed by atoms with van der Waals surface area (Å²) in [4.78, 5) is 11.8. The van der Waals surface area contributed by atoms with E-state index in [0.717, 1.165) is 6.07 Å². The van der Waals surface area contributed by atoms with Crippen LogP contribution in [0.2, 0.25) is 0 Å². The van der Waals surface area contributed by atoms with E-state index in [2.05, 4.69) is 5.32 Å². The molecule has 0 aliphatic heterocycles. The number of hydrogen-bond donors (Lipinski definition) is 2. The van der Waals surface area contributed by atoms with Crippen LogP contribution in [0.3, 0.4) is 0 Å². The third-order valence-corrected chi connectivity index (χ3v) is 2.86. The van der Waals surface area contributed by atoms with Gasteiger partial charge in [0.25, 0.3) is 5.91 Å². The molecule has 2 N–H and O–H groups in total. The van der Waals surface area contributed by atoms with Gasteiger partial charge in [-0.3, -0.25) is 4.79 Å². The van der Waals surface area contributed by atoms with Gasteiger partial charge in [0, 0.05) is 6.54 Å². The predicted molar refractivity (Wildman–Crippen MR) is 70.5 cm³/mol. The van der Waals surface area contributed by atoms with E-state index in [0.29, 0.717) is 5.56 Å². The Labute approximate surface area is 114 Å². The number of phenolic OH excluding ortho intramolecular Hbond substituents is 1. The summed E-state index contributed by atoms with van der Waals surface area (Å²) in [5.41, 5.74) is 0.0617. The van der Waals surface area contributed by atoms with Gasteiger partial charge in [-0.05, 0) is 30.2 Å². The van der Waals surface area contributed by atoms with Crippen LogP contribution in [0.25, 0.3) is 0 Å². The van der Waals surface area contributed by atoms with Gasteiger partial charge in [0.2, 0.25) is 0 Å². The van der Waals surface area contributed by atoms with Crippen molar-refractivity contribution in [3.63, 3.8) is 0 Å². The van der Waals surface area contributed by atoms with Crippen LogP contribution >= 0.6 is 0 Å². The van der Waals surface area contributed by atoms with Gasteiger partial charge in [-0.2, -0.15) is 0 Å². The number of nitrogens with one attached hydrogen (secondary N) is 1. The highest BCUT2D eigenvalue weighted by Crippen LogP contribution is 2.19. The minimum Gasteiger partial charge on any atom is -0.507 e. The molecule has 2 rings (SSSR count). The third-order valence-electron chi connectivity index (χ3n) is 2.86. The van der Waals surface area contributed by atoms with Gasteiger partial charge < -0.3 is 10.4 Å². The number of carbonyl (C=O) groups excluding carboxylic acids is 1. The molecule has 0 radical (unpaired) electrons. The minimum absolute atomic E-state index is 0.146. The lowest BCUT2D eigenvalue weighted by atomic mass is 10.1. The number of hydrogen-bond acceptors (Lipinski definition) is 2. The Morgan fingerprint density at radius 3 is 2.45 bits per heavy atom. The Balaban J connectivity index is 1.98. The maximum absolute atomic E-state index is 13.4. The lowest BCUT2D eigenvalue weighted by Crippen LogP contribution is -2.26. The Bertz CT molecular complexity index is 609. The van der Waals surface area contributed by atoms with Gasteiger partial charge in [-0.25, -0.2) is 8.78 Å². The molecule has 0 aliphatic carbocycles. The zero-order valence-corrected chi connectivity index (χ0v) is 10.6. The molecule has 0 aliphatic rings. The van der Waals surface area contributed by atoms with E-state index in [1.54, 1.807) is 18.2 Å². The second-order valence-corrected chi connectivity index (χ2v) is 4.23. The number of benzene rings is 2. The van der Waals surface area contributed by atoms with Crippen LogP contribution in [-0.4, -0.2) is 17.6 Å². The number of halogens is 2. The van der Waals surface area contributed by atoms with E-state index < -0.39 is 23.0 Å². The molecule has 2 aromatic rings. The molecule has 0 atom stereocenters. The van der Waals surface area contributed by atoms with Crippen molar-refractivity contribution in [2.24, 2.45) is 0 Å². The minimum atomic E-state index is -0.798. The maximum atomic E-state index is 13.4. The molecular formula is C15H13F2NO2. The maximum Gasteiger partial charge on any atom is 0.258 e. The van der Waals surface area contributed by atoms with Crippen LogP contribution < -0.4 is 5.32 Å². The zero-order chi connectivity index (χ0) is 14.5. The van der Waals surface area contributed by atoms with E-state index >= 15 is 0 Å². The molecular weight excluding hydrogens is 264 g/mol. The Kier molecular flexibility index (Phi) is 4.30. The highest BCUT2D eigenvalue weighted by Gasteiger charge is 2.15. The summed E-state index contributed by atoms with van der Waals surface area (Å²) < 4.78 is 26.8. The first-order valence-corrected chi connectivity index (χ1v) is 6.08. The largest absolute Gasteiger partial charge is 0.507 e. The Hall–Kier alpha value is -2.43. The molecule has 2 aromatic carbocycles. The fraction of sp³-hybridized carbons (Fsp3) is 0.133.